The van der Waals surface area contributed by atoms with Crippen molar-refractivity contribution < 1.29 is 9.53 Å². The van der Waals surface area contributed by atoms with Gasteiger partial charge in [0.05, 0.1) is 7.11 Å². The van der Waals surface area contributed by atoms with Crippen LogP contribution in [-0.4, -0.2) is 18.4 Å². The Labute approximate surface area is 100 Å². The molecule has 0 amide bonds. The minimum Gasteiger partial charge on any atom is -0.496 e. The van der Waals surface area contributed by atoms with E-state index in [1.807, 2.05) is 30.3 Å². The smallest absolute Gasteiger partial charge is 0.151 e. The van der Waals surface area contributed by atoms with E-state index in [9.17, 15) is 4.79 Å². The van der Waals surface area contributed by atoms with Crippen LogP contribution in [0.25, 0.3) is 0 Å². The Morgan fingerprint density at radius 2 is 2.12 bits per heavy atom. The molecule has 3 nitrogen and oxygen atoms in total. The molecule has 1 aromatic carbocycles. The molecule has 2 aromatic rings. The normalized spacial score (nSPS) is 9.94. The van der Waals surface area contributed by atoms with E-state index in [0.717, 1.165) is 23.2 Å². The highest BCUT2D eigenvalue weighted by atomic mass is 16.5. The van der Waals surface area contributed by atoms with Crippen LogP contribution in [0.5, 0.6) is 5.75 Å². The number of para-hydroxylation sites is 1. The highest BCUT2D eigenvalue weighted by molar-refractivity contribution is 5.74. The van der Waals surface area contributed by atoms with E-state index in [2.05, 4.69) is 4.98 Å². The summed E-state index contributed by atoms with van der Waals surface area (Å²) < 4.78 is 5.28. The van der Waals surface area contributed by atoms with E-state index in [1.54, 1.807) is 19.5 Å². The maximum absolute atomic E-state index is 10.7. The molecule has 0 aliphatic carbocycles. The van der Waals surface area contributed by atoms with Gasteiger partial charge in [-0.05, 0) is 23.3 Å². The Morgan fingerprint density at radius 3 is 2.88 bits per heavy atom. The number of benzene rings is 1. The minimum absolute atomic E-state index is 0.595. The number of carbonyl (C=O) groups excluding carboxylic acids is 1. The highest BCUT2D eigenvalue weighted by Gasteiger charge is 2.03. The van der Waals surface area contributed by atoms with Crippen LogP contribution in [0.2, 0.25) is 0 Å². The first kappa shape index (κ1) is 11.3. The fourth-order valence-corrected chi connectivity index (χ4v) is 1.74. The van der Waals surface area contributed by atoms with E-state index >= 15 is 0 Å². The first-order valence-electron chi connectivity index (χ1n) is 5.34. The van der Waals surface area contributed by atoms with Crippen LogP contribution in [0, 0.1) is 0 Å². The number of ether oxygens (including phenoxy) is 1. The molecule has 0 aliphatic rings. The maximum atomic E-state index is 10.7. The van der Waals surface area contributed by atoms with Gasteiger partial charge in [-0.3, -0.25) is 9.78 Å². The number of pyridine rings is 1. The number of rotatable bonds is 4. The second kappa shape index (κ2) is 5.25. The molecule has 2 rings (SSSR count). The molecule has 0 bridgehead atoms. The van der Waals surface area contributed by atoms with Crippen LogP contribution in [-0.2, 0) is 6.42 Å². The zero-order valence-corrected chi connectivity index (χ0v) is 9.59. The molecular formula is C14H13NO2. The lowest BCUT2D eigenvalue weighted by Crippen LogP contribution is -1.95. The summed E-state index contributed by atoms with van der Waals surface area (Å²) >= 11 is 0. The maximum Gasteiger partial charge on any atom is 0.151 e. The number of hydrogen-bond acceptors (Lipinski definition) is 3. The molecule has 17 heavy (non-hydrogen) atoms. The van der Waals surface area contributed by atoms with Crippen molar-refractivity contribution in [3.8, 4) is 5.75 Å². The molecule has 1 heterocycles. The van der Waals surface area contributed by atoms with Gasteiger partial charge in [0.25, 0.3) is 0 Å². The van der Waals surface area contributed by atoms with E-state index in [0.29, 0.717) is 12.0 Å². The molecule has 3 heteroatoms. The van der Waals surface area contributed by atoms with Crippen molar-refractivity contribution in [1.29, 1.82) is 0 Å². The molecule has 0 fully saturated rings. The summed E-state index contributed by atoms with van der Waals surface area (Å²) in [5, 5.41) is 0. The predicted molar refractivity (Wildman–Crippen MR) is 65.4 cm³/mol. The SMILES string of the molecule is COc1ccccc1Cc1cncc(C=O)c1. The zero-order valence-electron chi connectivity index (χ0n) is 9.59. The van der Waals surface area contributed by atoms with E-state index in [1.165, 1.54) is 0 Å². The summed E-state index contributed by atoms with van der Waals surface area (Å²) in [6.45, 7) is 0. The van der Waals surface area contributed by atoms with Gasteiger partial charge in [-0.2, -0.15) is 0 Å². The van der Waals surface area contributed by atoms with Crippen LogP contribution in [0.4, 0.5) is 0 Å². The highest BCUT2D eigenvalue weighted by Crippen LogP contribution is 2.20. The largest absolute Gasteiger partial charge is 0.496 e. The lowest BCUT2D eigenvalue weighted by atomic mass is 10.0. The Morgan fingerprint density at radius 1 is 1.29 bits per heavy atom. The lowest BCUT2D eigenvalue weighted by Gasteiger charge is -2.07. The molecule has 1 aromatic heterocycles. The Kier molecular flexibility index (Phi) is 3.50. The minimum atomic E-state index is 0.595. The molecular weight excluding hydrogens is 214 g/mol. The number of methoxy groups -OCH3 is 1. The zero-order chi connectivity index (χ0) is 12.1. The summed E-state index contributed by atoms with van der Waals surface area (Å²) in [6.07, 6.45) is 4.83. The van der Waals surface area contributed by atoms with Crippen molar-refractivity contribution in [2.45, 2.75) is 6.42 Å². The van der Waals surface area contributed by atoms with Gasteiger partial charge in [0.2, 0.25) is 0 Å². The number of aldehydes is 1. The first-order valence-corrected chi connectivity index (χ1v) is 5.34. The monoisotopic (exact) mass is 227 g/mol. The second-order valence-corrected chi connectivity index (χ2v) is 3.73. The Balaban J connectivity index is 2.27. The summed E-state index contributed by atoms with van der Waals surface area (Å²) in [5.74, 6) is 0.851. The van der Waals surface area contributed by atoms with Crippen molar-refractivity contribution >= 4 is 6.29 Å². The van der Waals surface area contributed by atoms with Gasteiger partial charge < -0.3 is 4.74 Å². The Bertz CT molecular complexity index is 523. The second-order valence-electron chi connectivity index (χ2n) is 3.73. The predicted octanol–water partition coefficient (Wildman–Crippen LogP) is 2.49. The summed E-state index contributed by atoms with van der Waals surface area (Å²) in [4.78, 5) is 14.7. The van der Waals surface area contributed by atoms with E-state index < -0.39 is 0 Å². The van der Waals surface area contributed by atoms with Crippen LogP contribution in [0.3, 0.4) is 0 Å². The fourth-order valence-electron chi connectivity index (χ4n) is 1.74. The summed E-state index contributed by atoms with van der Waals surface area (Å²) in [7, 11) is 1.65. The van der Waals surface area contributed by atoms with E-state index in [4.69, 9.17) is 4.74 Å². The molecule has 0 atom stereocenters. The molecule has 0 aliphatic heterocycles. The number of carbonyl (C=O) groups is 1. The van der Waals surface area contributed by atoms with Gasteiger partial charge >= 0.3 is 0 Å². The van der Waals surface area contributed by atoms with Crippen LogP contribution < -0.4 is 4.74 Å². The topological polar surface area (TPSA) is 39.2 Å². The van der Waals surface area contributed by atoms with Crippen molar-refractivity contribution in [3.63, 3.8) is 0 Å². The van der Waals surface area contributed by atoms with Gasteiger partial charge in [0, 0.05) is 24.4 Å². The molecule has 86 valence electrons. The fraction of sp³-hybridized carbons (Fsp3) is 0.143. The number of nitrogens with zero attached hydrogens (tertiary/aromatic N) is 1. The summed E-state index contributed by atoms with van der Waals surface area (Å²) in [6, 6.07) is 9.67. The third-order valence-corrected chi connectivity index (χ3v) is 2.54. The van der Waals surface area contributed by atoms with E-state index in [-0.39, 0.29) is 0 Å². The van der Waals surface area contributed by atoms with Gasteiger partial charge in [0.15, 0.2) is 6.29 Å². The average molecular weight is 227 g/mol. The standard InChI is InChI=1S/C14H13NO2/c1-17-14-5-3-2-4-13(14)7-11-6-12(10-16)9-15-8-11/h2-6,8-10H,7H2,1H3. The first-order chi connectivity index (χ1) is 8.33. The van der Waals surface area contributed by atoms with Crippen molar-refractivity contribution in [3.05, 3.63) is 59.4 Å². The molecule has 0 radical (unpaired) electrons. The Hall–Kier alpha value is -2.16. The van der Waals surface area contributed by atoms with Gasteiger partial charge in [-0.15, -0.1) is 0 Å². The van der Waals surface area contributed by atoms with Crippen molar-refractivity contribution in [2.24, 2.45) is 0 Å². The van der Waals surface area contributed by atoms with Crippen LogP contribution in [0.1, 0.15) is 21.5 Å². The molecule has 0 saturated carbocycles. The lowest BCUT2D eigenvalue weighted by molar-refractivity contribution is 0.112. The molecule has 0 unspecified atom stereocenters. The molecule has 0 N–H and O–H groups in total. The van der Waals surface area contributed by atoms with Crippen LogP contribution >= 0.6 is 0 Å². The molecule has 0 spiro atoms. The van der Waals surface area contributed by atoms with Crippen LogP contribution in [0.15, 0.2) is 42.7 Å². The van der Waals surface area contributed by atoms with Crippen molar-refractivity contribution in [1.82, 2.24) is 4.98 Å². The quantitative estimate of drug-likeness (QED) is 0.753. The number of hydrogen-bond donors (Lipinski definition) is 0. The number of aromatic nitrogens is 1. The third-order valence-electron chi connectivity index (χ3n) is 2.54. The van der Waals surface area contributed by atoms with Crippen molar-refractivity contribution in [2.75, 3.05) is 7.11 Å². The average Bonchev–Trinajstić information content (AvgIpc) is 2.39. The van der Waals surface area contributed by atoms with Gasteiger partial charge in [-0.1, -0.05) is 18.2 Å². The van der Waals surface area contributed by atoms with Gasteiger partial charge in [-0.25, -0.2) is 0 Å². The molecule has 0 saturated heterocycles. The van der Waals surface area contributed by atoms with Gasteiger partial charge in [0.1, 0.15) is 5.75 Å². The third kappa shape index (κ3) is 2.69. The summed E-state index contributed by atoms with van der Waals surface area (Å²) in [5.41, 5.74) is 2.68.